The zero-order chi connectivity index (χ0) is 21.5. The Balaban J connectivity index is 1.64. The molecule has 164 valence electrons. The number of fused-ring (bicyclic) bond motifs is 1. The van der Waals surface area contributed by atoms with E-state index >= 15 is 0 Å². The first-order chi connectivity index (χ1) is 14.5. The Labute approximate surface area is 181 Å². The molecule has 0 N–H and O–H groups in total. The molecule has 0 saturated carbocycles. The van der Waals surface area contributed by atoms with Crippen molar-refractivity contribution in [2.45, 2.75) is 51.7 Å². The van der Waals surface area contributed by atoms with Crippen LogP contribution in [0.5, 0.6) is 5.75 Å². The molecule has 1 unspecified atom stereocenters. The number of methoxy groups -OCH3 is 2. The Kier molecular flexibility index (Phi) is 8.24. The molecule has 0 amide bonds. The lowest BCUT2D eigenvalue weighted by molar-refractivity contribution is -0.162. The summed E-state index contributed by atoms with van der Waals surface area (Å²) in [5, 5.41) is 1.02. The number of hydrogen-bond donors (Lipinski definition) is 0. The third-order valence-electron chi connectivity index (χ3n) is 5.32. The van der Waals surface area contributed by atoms with Crippen LogP contribution in [-0.2, 0) is 25.4 Å². The molecule has 1 aliphatic rings. The van der Waals surface area contributed by atoms with Gasteiger partial charge >= 0.3 is 5.97 Å². The molecule has 2 aromatic rings. The van der Waals surface area contributed by atoms with E-state index in [0.29, 0.717) is 11.5 Å². The molecule has 0 aliphatic carbocycles. The van der Waals surface area contributed by atoms with Gasteiger partial charge in [0.05, 0.1) is 31.6 Å². The van der Waals surface area contributed by atoms with Gasteiger partial charge in [-0.1, -0.05) is 6.92 Å². The van der Waals surface area contributed by atoms with E-state index in [9.17, 15) is 9.59 Å². The van der Waals surface area contributed by atoms with E-state index < -0.39 is 5.92 Å². The second-order valence-corrected chi connectivity index (χ2v) is 8.72. The number of carbonyl (C=O) groups is 2. The Morgan fingerprint density at radius 3 is 2.77 bits per heavy atom. The van der Waals surface area contributed by atoms with Crippen molar-refractivity contribution in [1.29, 1.82) is 0 Å². The Morgan fingerprint density at radius 2 is 2.07 bits per heavy atom. The number of ether oxygens (including phenoxy) is 4. The van der Waals surface area contributed by atoms with Gasteiger partial charge < -0.3 is 18.9 Å². The largest absolute Gasteiger partial charge is 0.496 e. The van der Waals surface area contributed by atoms with Gasteiger partial charge in [-0.2, -0.15) is 0 Å². The third kappa shape index (κ3) is 5.80. The molecule has 30 heavy (non-hydrogen) atoms. The molecule has 7 heteroatoms. The van der Waals surface area contributed by atoms with Crippen molar-refractivity contribution in [2.24, 2.45) is 5.92 Å². The lowest BCUT2D eigenvalue weighted by atomic mass is 10.0. The van der Waals surface area contributed by atoms with Crippen molar-refractivity contribution in [1.82, 2.24) is 0 Å². The van der Waals surface area contributed by atoms with Crippen molar-refractivity contribution in [3.63, 3.8) is 0 Å². The number of rotatable bonds is 10. The van der Waals surface area contributed by atoms with Crippen LogP contribution in [0.4, 0.5) is 0 Å². The highest BCUT2D eigenvalue weighted by Gasteiger charge is 2.20. The minimum Gasteiger partial charge on any atom is -0.496 e. The van der Waals surface area contributed by atoms with Crippen LogP contribution in [0.2, 0.25) is 0 Å². The Morgan fingerprint density at radius 1 is 1.23 bits per heavy atom. The second-order valence-electron chi connectivity index (χ2n) is 7.63. The smallest absolute Gasteiger partial charge is 0.308 e. The lowest BCUT2D eigenvalue weighted by Crippen LogP contribution is -2.22. The molecule has 0 bridgehead atoms. The van der Waals surface area contributed by atoms with Gasteiger partial charge in [0.2, 0.25) is 0 Å². The lowest BCUT2D eigenvalue weighted by Gasteiger charge is -2.22. The molecule has 1 aromatic carbocycles. The topological polar surface area (TPSA) is 71.1 Å². The molecule has 1 saturated heterocycles. The quantitative estimate of drug-likeness (QED) is 0.305. The third-order valence-corrected chi connectivity index (χ3v) is 6.46. The van der Waals surface area contributed by atoms with E-state index in [1.165, 1.54) is 18.4 Å². The van der Waals surface area contributed by atoms with Crippen LogP contribution < -0.4 is 4.74 Å². The molecule has 2 heterocycles. The van der Waals surface area contributed by atoms with Crippen LogP contribution >= 0.6 is 11.3 Å². The van der Waals surface area contributed by atoms with Crippen LogP contribution in [0.1, 0.15) is 54.3 Å². The number of esters is 1. The zero-order valence-corrected chi connectivity index (χ0v) is 18.7. The fourth-order valence-electron chi connectivity index (χ4n) is 3.62. The van der Waals surface area contributed by atoms with Crippen LogP contribution in [0, 0.1) is 5.92 Å². The molecule has 1 fully saturated rings. The van der Waals surface area contributed by atoms with Gasteiger partial charge in [0.25, 0.3) is 0 Å². The van der Waals surface area contributed by atoms with Gasteiger partial charge in [-0.05, 0) is 61.3 Å². The van der Waals surface area contributed by atoms with Gasteiger partial charge in [-0.25, -0.2) is 0 Å². The van der Waals surface area contributed by atoms with E-state index in [1.54, 1.807) is 14.0 Å². The Hall–Kier alpha value is -1.96. The van der Waals surface area contributed by atoms with Crippen molar-refractivity contribution < 1.29 is 28.5 Å². The minimum atomic E-state index is -0.453. The number of carbonyl (C=O) groups excluding carboxylic acids is 2. The number of Topliss-reactive ketones (excluding diaryl/α,β-unsaturated/α-hetero) is 1. The van der Waals surface area contributed by atoms with Crippen molar-refractivity contribution in [2.75, 3.05) is 27.4 Å². The molecule has 3 rings (SSSR count). The zero-order valence-electron chi connectivity index (χ0n) is 17.9. The first-order valence-electron chi connectivity index (χ1n) is 10.5. The average Bonchev–Trinajstić information content (AvgIpc) is 3.19. The van der Waals surface area contributed by atoms with E-state index in [0.717, 1.165) is 60.1 Å². The van der Waals surface area contributed by atoms with E-state index in [1.807, 2.05) is 12.1 Å². The molecular weight excluding hydrogens is 404 g/mol. The van der Waals surface area contributed by atoms with Gasteiger partial charge in [0.1, 0.15) is 5.75 Å². The van der Waals surface area contributed by atoms with Crippen molar-refractivity contribution >= 4 is 33.2 Å². The number of ketones is 1. The summed E-state index contributed by atoms with van der Waals surface area (Å²) in [4.78, 5) is 24.8. The summed E-state index contributed by atoms with van der Waals surface area (Å²) in [6, 6.07) is 5.98. The molecule has 0 spiro atoms. The van der Waals surface area contributed by atoms with Crippen molar-refractivity contribution in [3.05, 3.63) is 28.6 Å². The maximum absolute atomic E-state index is 12.6. The van der Waals surface area contributed by atoms with Gasteiger partial charge in [-0.3, -0.25) is 9.59 Å². The van der Waals surface area contributed by atoms with E-state index in [2.05, 4.69) is 6.07 Å². The summed E-state index contributed by atoms with van der Waals surface area (Å²) >= 11 is 1.43. The first kappa shape index (κ1) is 22.7. The van der Waals surface area contributed by atoms with Gasteiger partial charge in [0, 0.05) is 17.7 Å². The molecular formula is C23H30O6S. The highest BCUT2D eigenvalue weighted by molar-refractivity contribution is 7.20. The minimum absolute atomic E-state index is 0.0458. The standard InChI is InChI=1S/C23H30O6S/c1-15(23(25)27-3)11-18(24)21-13-17-12-16(19(26-2)14-20(17)30-21)7-6-10-29-22-8-4-5-9-28-22/h12-15,22H,4-11H2,1-3H3/t15-,22?/m0/s1. The summed E-state index contributed by atoms with van der Waals surface area (Å²) in [6.07, 6.45) is 5.01. The fourth-order valence-corrected chi connectivity index (χ4v) is 4.64. The summed E-state index contributed by atoms with van der Waals surface area (Å²) in [6.45, 7) is 3.13. The monoisotopic (exact) mass is 434 g/mol. The normalized spacial score (nSPS) is 17.6. The number of benzene rings is 1. The van der Waals surface area contributed by atoms with Gasteiger partial charge in [0.15, 0.2) is 12.1 Å². The van der Waals surface area contributed by atoms with Crippen LogP contribution in [-0.4, -0.2) is 45.5 Å². The van der Waals surface area contributed by atoms with E-state index in [4.69, 9.17) is 18.9 Å². The maximum Gasteiger partial charge on any atom is 0.308 e. The fraction of sp³-hybridized carbons (Fsp3) is 0.565. The molecule has 1 aliphatic heterocycles. The Bertz CT molecular complexity index is 868. The summed E-state index contributed by atoms with van der Waals surface area (Å²) in [5.41, 5.74) is 1.10. The van der Waals surface area contributed by atoms with Crippen molar-refractivity contribution in [3.8, 4) is 5.75 Å². The highest BCUT2D eigenvalue weighted by Crippen LogP contribution is 2.33. The summed E-state index contributed by atoms with van der Waals surface area (Å²) in [5.74, 6) is -0.0455. The summed E-state index contributed by atoms with van der Waals surface area (Å²) in [7, 11) is 3.00. The molecule has 6 nitrogen and oxygen atoms in total. The SMILES string of the molecule is COC(=O)[C@@H](C)CC(=O)c1cc2cc(CCCOC3CCCCO3)c(OC)cc2s1. The predicted molar refractivity (Wildman–Crippen MR) is 116 cm³/mol. The second kappa shape index (κ2) is 10.9. The predicted octanol–water partition coefficient (Wildman–Crippen LogP) is 4.77. The summed E-state index contributed by atoms with van der Waals surface area (Å²) < 4.78 is 22.7. The number of hydrogen-bond acceptors (Lipinski definition) is 7. The van der Waals surface area contributed by atoms with E-state index in [-0.39, 0.29) is 24.5 Å². The van der Waals surface area contributed by atoms with Crippen LogP contribution in [0.3, 0.4) is 0 Å². The molecule has 0 radical (unpaired) electrons. The average molecular weight is 435 g/mol. The number of aryl methyl sites for hydroxylation is 1. The molecule has 1 aromatic heterocycles. The highest BCUT2D eigenvalue weighted by atomic mass is 32.1. The van der Waals surface area contributed by atoms with Crippen LogP contribution in [0.15, 0.2) is 18.2 Å². The maximum atomic E-state index is 12.6. The van der Waals surface area contributed by atoms with Crippen LogP contribution in [0.25, 0.3) is 10.1 Å². The first-order valence-corrected chi connectivity index (χ1v) is 11.3. The van der Waals surface area contributed by atoms with Gasteiger partial charge in [-0.15, -0.1) is 11.3 Å². The number of thiophene rings is 1. The molecule has 2 atom stereocenters.